The first-order valence-corrected chi connectivity index (χ1v) is 8.95. The Kier molecular flexibility index (Phi) is 5.99. The SMILES string of the molecule is COc1cc(Cl)c(C)cc1NC(=O)C1CCCN(C(=O)C(C)(C)C)C1. The summed E-state index contributed by atoms with van der Waals surface area (Å²) >= 11 is 6.11. The van der Waals surface area contributed by atoms with Crippen LogP contribution < -0.4 is 10.1 Å². The average molecular weight is 367 g/mol. The monoisotopic (exact) mass is 366 g/mol. The molecule has 25 heavy (non-hydrogen) atoms. The molecule has 0 bridgehead atoms. The van der Waals surface area contributed by atoms with Crippen molar-refractivity contribution in [3.05, 3.63) is 22.7 Å². The Morgan fingerprint density at radius 3 is 2.60 bits per heavy atom. The predicted octanol–water partition coefficient (Wildman–Crippen LogP) is 3.88. The fourth-order valence-corrected chi connectivity index (χ4v) is 3.17. The van der Waals surface area contributed by atoms with Crippen molar-refractivity contribution in [3.8, 4) is 5.75 Å². The van der Waals surface area contributed by atoms with E-state index in [1.165, 1.54) is 0 Å². The van der Waals surface area contributed by atoms with Gasteiger partial charge in [0.1, 0.15) is 5.75 Å². The molecule has 6 heteroatoms. The number of nitrogens with one attached hydrogen (secondary N) is 1. The lowest BCUT2D eigenvalue weighted by atomic mass is 9.91. The van der Waals surface area contributed by atoms with Crippen LogP contribution in [0.5, 0.6) is 5.75 Å². The van der Waals surface area contributed by atoms with Gasteiger partial charge in [-0.1, -0.05) is 32.4 Å². The van der Waals surface area contributed by atoms with Gasteiger partial charge in [0, 0.05) is 29.6 Å². The van der Waals surface area contributed by atoms with Crippen LogP contribution in [0.1, 0.15) is 39.2 Å². The highest BCUT2D eigenvalue weighted by molar-refractivity contribution is 6.31. The number of piperidine rings is 1. The molecular formula is C19H27ClN2O3. The highest BCUT2D eigenvalue weighted by Crippen LogP contribution is 2.32. The molecule has 1 aliphatic rings. The van der Waals surface area contributed by atoms with Crippen molar-refractivity contribution in [3.63, 3.8) is 0 Å². The zero-order valence-corrected chi connectivity index (χ0v) is 16.4. The van der Waals surface area contributed by atoms with Gasteiger partial charge >= 0.3 is 0 Å². The maximum Gasteiger partial charge on any atom is 0.229 e. The van der Waals surface area contributed by atoms with Gasteiger partial charge in [0.25, 0.3) is 0 Å². The number of methoxy groups -OCH3 is 1. The number of aryl methyl sites for hydroxylation is 1. The third kappa shape index (κ3) is 4.66. The minimum Gasteiger partial charge on any atom is -0.495 e. The summed E-state index contributed by atoms with van der Waals surface area (Å²) in [5.74, 6) is 0.305. The summed E-state index contributed by atoms with van der Waals surface area (Å²) < 4.78 is 5.31. The summed E-state index contributed by atoms with van der Waals surface area (Å²) in [4.78, 5) is 27.0. The quantitative estimate of drug-likeness (QED) is 0.883. The van der Waals surface area contributed by atoms with Gasteiger partial charge in [-0.15, -0.1) is 0 Å². The van der Waals surface area contributed by atoms with Gasteiger partial charge < -0.3 is 15.0 Å². The number of likely N-dealkylation sites (tertiary alicyclic amines) is 1. The number of nitrogens with zero attached hydrogens (tertiary/aromatic N) is 1. The molecule has 1 atom stereocenters. The first kappa shape index (κ1) is 19.6. The van der Waals surface area contributed by atoms with Crippen LogP contribution >= 0.6 is 11.6 Å². The van der Waals surface area contributed by atoms with Gasteiger partial charge in [0.15, 0.2) is 0 Å². The number of benzene rings is 1. The van der Waals surface area contributed by atoms with Crippen LogP contribution in [0.2, 0.25) is 5.02 Å². The van der Waals surface area contributed by atoms with Crippen LogP contribution in [0.15, 0.2) is 12.1 Å². The van der Waals surface area contributed by atoms with Crippen molar-refractivity contribution < 1.29 is 14.3 Å². The van der Waals surface area contributed by atoms with Crippen LogP contribution in [0, 0.1) is 18.3 Å². The Morgan fingerprint density at radius 1 is 1.32 bits per heavy atom. The highest BCUT2D eigenvalue weighted by Gasteiger charge is 2.33. The number of carbonyl (C=O) groups is 2. The van der Waals surface area contributed by atoms with E-state index >= 15 is 0 Å². The first-order chi connectivity index (χ1) is 11.6. The standard InChI is InChI=1S/C19H27ClN2O3/c1-12-9-15(16(25-5)10-14(12)20)21-17(23)13-7-6-8-22(11-13)18(24)19(2,3)4/h9-10,13H,6-8,11H2,1-5H3,(H,21,23). The molecule has 138 valence electrons. The molecule has 0 aromatic heterocycles. The molecule has 0 saturated carbocycles. The number of ether oxygens (including phenoxy) is 1. The summed E-state index contributed by atoms with van der Waals surface area (Å²) in [5.41, 5.74) is 1.04. The first-order valence-electron chi connectivity index (χ1n) is 8.58. The third-order valence-corrected chi connectivity index (χ3v) is 4.87. The van der Waals surface area contributed by atoms with Crippen molar-refractivity contribution in [1.29, 1.82) is 0 Å². The summed E-state index contributed by atoms with van der Waals surface area (Å²) in [6.07, 6.45) is 1.60. The summed E-state index contributed by atoms with van der Waals surface area (Å²) in [6, 6.07) is 3.50. The van der Waals surface area contributed by atoms with E-state index in [-0.39, 0.29) is 17.7 Å². The molecule has 2 amide bonds. The van der Waals surface area contributed by atoms with E-state index in [1.807, 2.05) is 27.7 Å². The van der Waals surface area contributed by atoms with Crippen molar-refractivity contribution in [2.24, 2.45) is 11.3 Å². The topological polar surface area (TPSA) is 58.6 Å². The summed E-state index contributed by atoms with van der Waals surface area (Å²) in [7, 11) is 1.54. The van der Waals surface area contributed by atoms with Crippen LogP contribution in [0.3, 0.4) is 0 Å². The predicted molar refractivity (Wildman–Crippen MR) is 100 cm³/mol. The molecular weight excluding hydrogens is 340 g/mol. The molecule has 2 rings (SSSR count). The Morgan fingerprint density at radius 2 is 2.00 bits per heavy atom. The molecule has 1 saturated heterocycles. The molecule has 0 radical (unpaired) electrons. The van der Waals surface area contributed by atoms with Crippen molar-refractivity contribution in [2.75, 3.05) is 25.5 Å². The van der Waals surface area contributed by atoms with Crippen molar-refractivity contribution in [1.82, 2.24) is 4.90 Å². The molecule has 1 heterocycles. The molecule has 1 aromatic carbocycles. The van der Waals surface area contributed by atoms with E-state index in [1.54, 1.807) is 24.1 Å². The van der Waals surface area contributed by atoms with E-state index in [2.05, 4.69) is 5.32 Å². The zero-order chi connectivity index (χ0) is 18.8. The minimum atomic E-state index is -0.436. The van der Waals surface area contributed by atoms with E-state index in [9.17, 15) is 9.59 Å². The van der Waals surface area contributed by atoms with E-state index in [0.29, 0.717) is 29.5 Å². The third-order valence-electron chi connectivity index (χ3n) is 4.46. The fraction of sp³-hybridized carbons (Fsp3) is 0.579. The molecule has 0 spiro atoms. The number of amides is 2. The van der Waals surface area contributed by atoms with Gasteiger partial charge in [0.05, 0.1) is 18.7 Å². The molecule has 1 unspecified atom stereocenters. The average Bonchev–Trinajstić information content (AvgIpc) is 2.56. The largest absolute Gasteiger partial charge is 0.495 e. The maximum absolute atomic E-state index is 12.7. The lowest BCUT2D eigenvalue weighted by Gasteiger charge is -2.36. The van der Waals surface area contributed by atoms with Gasteiger partial charge in [-0.2, -0.15) is 0 Å². The van der Waals surface area contributed by atoms with Crippen LogP contribution in [-0.4, -0.2) is 36.9 Å². The Bertz CT molecular complexity index is 667. The minimum absolute atomic E-state index is 0.0879. The van der Waals surface area contributed by atoms with E-state index in [0.717, 1.165) is 18.4 Å². The smallest absolute Gasteiger partial charge is 0.229 e. The molecule has 0 aliphatic carbocycles. The lowest BCUT2D eigenvalue weighted by molar-refractivity contribution is -0.142. The Balaban J connectivity index is 2.11. The molecule has 1 fully saturated rings. The summed E-state index contributed by atoms with van der Waals surface area (Å²) in [6.45, 7) is 8.75. The molecule has 1 aromatic rings. The molecule has 1 N–H and O–H groups in total. The number of hydrogen-bond donors (Lipinski definition) is 1. The fourth-order valence-electron chi connectivity index (χ4n) is 3.01. The van der Waals surface area contributed by atoms with Gasteiger partial charge in [-0.3, -0.25) is 9.59 Å². The number of rotatable bonds is 3. The number of anilines is 1. The lowest BCUT2D eigenvalue weighted by Crippen LogP contribution is -2.47. The van der Waals surface area contributed by atoms with Crippen LogP contribution in [0.25, 0.3) is 0 Å². The second-order valence-corrected chi connectivity index (χ2v) is 8.04. The van der Waals surface area contributed by atoms with Gasteiger partial charge in [-0.05, 0) is 31.4 Å². The number of halogens is 1. The van der Waals surface area contributed by atoms with Crippen LogP contribution in [0.4, 0.5) is 5.69 Å². The Labute approximate surface area is 154 Å². The zero-order valence-electron chi connectivity index (χ0n) is 15.6. The Hall–Kier alpha value is -1.75. The van der Waals surface area contributed by atoms with E-state index in [4.69, 9.17) is 16.3 Å². The van der Waals surface area contributed by atoms with Gasteiger partial charge in [0.2, 0.25) is 11.8 Å². The second kappa shape index (κ2) is 7.65. The summed E-state index contributed by atoms with van der Waals surface area (Å²) in [5, 5.41) is 3.53. The van der Waals surface area contributed by atoms with Crippen molar-refractivity contribution >= 4 is 29.1 Å². The van der Waals surface area contributed by atoms with Crippen LogP contribution in [-0.2, 0) is 9.59 Å². The van der Waals surface area contributed by atoms with E-state index < -0.39 is 5.41 Å². The van der Waals surface area contributed by atoms with Crippen molar-refractivity contribution in [2.45, 2.75) is 40.5 Å². The highest BCUT2D eigenvalue weighted by atomic mass is 35.5. The molecule has 1 aliphatic heterocycles. The maximum atomic E-state index is 12.7. The molecule has 5 nitrogen and oxygen atoms in total. The normalized spacial score (nSPS) is 18.0. The number of hydrogen-bond acceptors (Lipinski definition) is 3. The number of carbonyl (C=O) groups excluding carboxylic acids is 2. The second-order valence-electron chi connectivity index (χ2n) is 7.63. The van der Waals surface area contributed by atoms with Gasteiger partial charge in [-0.25, -0.2) is 0 Å².